The third kappa shape index (κ3) is 4.12. The van der Waals surface area contributed by atoms with Crippen molar-refractivity contribution in [2.75, 3.05) is 6.61 Å². The molecule has 0 amide bonds. The largest absolute Gasteiger partial charge is 0.478 e. The zero-order valence-corrected chi connectivity index (χ0v) is 15.2. The minimum absolute atomic E-state index is 0.0436. The van der Waals surface area contributed by atoms with Gasteiger partial charge >= 0.3 is 18.3 Å². The molecule has 1 unspecified atom stereocenters. The predicted molar refractivity (Wildman–Crippen MR) is 90.5 cm³/mol. The molecule has 3 rings (SSSR count). The van der Waals surface area contributed by atoms with Crippen LogP contribution < -0.4 is 0 Å². The molecule has 10 heteroatoms. The Labute approximate surface area is 161 Å². The van der Waals surface area contributed by atoms with Gasteiger partial charge in [0.05, 0.1) is 22.8 Å². The molecule has 29 heavy (non-hydrogen) atoms. The topological polar surface area (TPSA) is 51.5 Å². The third-order valence-corrected chi connectivity index (χ3v) is 4.94. The van der Waals surface area contributed by atoms with Crippen molar-refractivity contribution in [3.05, 3.63) is 46.6 Å². The Bertz CT molecular complexity index is 923. The molecule has 1 saturated heterocycles. The average molecular weight is 421 g/mol. The molecule has 4 nitrogen and oxygen atoms in total. The van der Waals surface area contributed by atoms with Crippen LogP contribution in [0.1, 0.15) is 40.0 Å². The smallest absolute Gasteiger partial charge is 0.417 e. The van der Waals surface area contributed by atoms with Crippen LogP contribution in [-0.2, 0) is 23.6 Å². The molecule has 0 radical (unpaired) electrons. The van der Waals surface area contributed by atoms with E-state index in [2.05, 4.69) is 0 Å². The Morgan fingerprint density at radius 2 is 1.90 bits per heavy atom. The Kier molecular flexibility index (Phi) is 5.42. The predicted octanol–water partition coefficient (Wildman–Crippen LogP) is 5.38. The van der Waals surface area contributed by atoms with Gasteiger partial charge in [0, 0.05) is 30.1 Å². The van der Waals surface area contributed by atoms with Gasteiger partial charge in [-0.15, -0.1) is 0 Å². The van der Waals surface area contributed by atoms with Gasteiger partial charge < -0.3 is 14.4 Å². The van der Waals surface area contributed by atoms with E-state index in [9.17, 15) is 36.2 Å². The number of halogens is 6. The number of hydrogen-bond donors (Lipinski definition) is 1. The Balaban J connectivity index is 2.27. The van der Waals surface area contributed by atoms with Crippen LogP contribution >= 0.6 is 0 Å². The van der Waals surface area contributed by atoms with E-state index in [-0.39, 0.29) is 29.6 Å². The first-order chi connectivity index (χ1) is 13.4. The zero-order valence-electron chi connectivity index (χ0n) is 15.2. The van der Waals surface area contributed by atoms with Crippen molar-refractivity contribution < 1.29 is 41.0 Å². The lowest BCUT2D eigenvalue weighted by atomic mass is 9.97. The number of hydrogen-bond acceptors (Lipinski definition) is 2. The molecule has 1 N–H and O–H groups in total. The quantitative estimate of drug-likeness (QED) is 0.675. The number of nitrogens with zero attached hydrogens (tertiary/aromatic N) is 1. The van der Waals surface area contributed by atoms with E-state index >= 15 is 0 Å². The summed E-state index contributed by atoms with van der Waals surface area (Å²) in [5.74, 6) is -1.38. The van der Waals surface area contributed by atoms with E-state index < -0.39 is 35.0 Å². The minimum atomic E-state index is -5.29. The highest BCUT2D eigenvalue weighted by Gasteiger charge is 2.45. The Hall–Kier alpha value is -2.49. The van der Waals surface area contributed by atoms with Crippen LogP contribution in [0.5, 0.6) is 0 Å². The number of rotatable bonds is 4. The van der Waals surface area contributed by atoms with Gasteiger partial charge in [-0.25, -0.2) is 4.79 Å². The van der Waals surface area contributed by atoms with E-state index in [0.29, 0.717) is 19.1 Å². The second-order valence-electron chi connectivity index (χ2n) is 6.80. The zero-order chi connectivity index (χ0) is 21.6. The van der Waals surface area contributed by atoms with Crippen molar-refractivity contribution in [1.82, 2.24) is 4.57 Å². The van der Waals surface area contributed by atoms with Crippen LogP contribution in [0, 0.1) is 6.92 Å². The highest BCUT2D eigenvalue weighted by Crippen LogP contribution is 2.45. The fourth-order valence-electron chi connectivity index (χ4n) is 3.62. The highest BCUT2D eigenvalue weighted by molar-refractivity contribution is 5.91. The molecule has 0 bridgehead atoms. The van der Waals surface area contributed by atoms with Crippen LogP contribution in [0.3, 0.4) is 0 Å². The number of alkyl halides is 6. The molecule has 2 aromatic rings. The molecule has 1 aliphatic rings. The fourth-order valence-corrected chi connectivity index (χ4v) is 3.62. The van der Waals surface area contributed by atoms with E-state index in [1.165, 1.54) is 11.5 Å². The standard InChI is InChI=1S/C19H17F6NO3/c1-10-13(17(27)28)8-15(26(10)9-11-4-3-7-29-11)12-5-2-6-14(18(20,21)22)16(12)19(23,24)25/h2,5-6,8,11H,3-4,7,9H2,1H3,(H,27,28). The molecular formula is C19H17F6NO3. The Morgan fingerprint density at radius 3 is 2.41 bits per heavy atom. The number of aromatic carboxylic acids is 1. The van der Waals surface area contributed by atoms with Gasteiger partial charge in [-0.3, -0.25) is 0 Å². The minimum Gasteiger partial charge on any atom is -0.478 e. The fraction of sp³-hybridized carbons (Fsp3) is 0.421. The number of carboxylic acid groups (broad SMARTS) is 1. The highest BCUT2D eigenvalue weighted by atomic mass is 19.4. The van der Waals surface area contributed by atoms with Crippen molar-refractivity contribution in [3.63, 3.8) is 0 Å². The molecule has 0 aliphatic carbocycles. The van der Waals surface area contributed by atoms with Gasteiger partial charge in [-0.2, -0.15) is 26.3 Å². The van der Waals surface area contributed by atoms with Gasteiger partial charge in [0.1, 0.15) is 0 Å². The van der Waals surface area contributed by atoms with Crippen LogP contribution in [0.25, 0.3) is 11.3 Å². The molecule has 2 heterocycles. The molecule has 158 valence electrons. The van der Waals surface area contributed by atoms with Crippen LogP contribution in [0.4, 0.5) is 26.3 Å². The molecule has 1 aromatic heterocycles. The number of ether oxygens (including phenoxy) is 1. The summed E-state index contributed by atoms with van der Waals surface area (Å²) in [6.45, 7) is 1.91. The van der Waals surface area contributed by atoms with Crippen LogP contribution in [-0.4, -0.2) is 28.4 Å². The second kappa shape index (κ2) is 7.40. The molecule has 1 atom stereocenters. The number of benzene rings is 1. The normalized spacial score (nSPS) is 17.7. The van der Waals surface area contributed by atoms with Gasteiger partial charge in [0.2, 0.25) is 0 Å². The first kappa shape index (κ1) is 21.2. The summed E-state index contributed by atoms with van der Waals surface area (Å²) in [6.07, 6.45) is -9.52. The molecular weight excluding hydrogens is 404 g/mol. The maximum absolute atomic E-state index is 13.7. The molecule has 0 saturated carbocycles. The third-order valence-electron chi connectivity index (χ3n) is 4.94. The number of carboxylic acids is 1. The Morgan fingerprint density at radius 1 is 1.21 bits per heavy atom. The summed E-state index contributed by atoms with van der Waals surface area (Å²) in [5, 5.41) is 9.38. The van der Waals surface area contributed by atoms with Crippen molar-refractivity contribution in [2.45, 2.75) is 44.8 Å². The number of aromatic nitrogens is 1. The summed E-state index contributed by atoms with van der Waals surface area (Å²) >= 11 is 0. The first-order valence-corrected chi connectivity index (χ1v) is 8.74. The van der Waals surface area contributed by atoms with Crippen molar-refractivity contribution >= 4 is 5.97 Å². The lowest BCUT2D eigenvalue weighted by molar-refractivity contribution is -0.161. The van der Waals surface area contributed by atoms with Crippen molar-refractivity contribution in [3.8, 4) is 11.3 Å². The number of carbonyl (C=O) groups is 1. The van der Waals surface area contributed by atoms with E-state index in [4.69, 9.17) is 4.74 Å². The maximum Gasteiger partial charge on any atom is 0.417 e. The lowest BCUT2D eigenvalue weighted by Gasteiger charge is -2.21. The van der Waals surface area contributed by atoms with E-state index in [1.807, 2.05) is 0 Å². The SMILES string of the molecule is Cc1c(C(=O)O)cc(-c2cccc(C(F)(F)F)c2C(F)(F)F)n1CC1CCCO1. The molecule has 1 aliphatic heterocycles. The molecule has 1 aromatic carbocycles. The maximum atomic E-state index is 13.7. The first-order valence-electron chi connectivity index (χ1n) is 8.74. The monoisotopic (exact) mass is 421 g/mol. The summed E-state index contributed by atoms with van der Waals surface area (Å²) in [6, 6.07) is 3.15. The average Bonchev–Trinajstić information content (AvgIpc) is 3.22. The van der Waals surface area contributed by atoms with Crippen molar-refractivity contribution in [2.24, 2.45) is 0 Å². The van der Waals surface area contributed by atoms with E-state index in [1.54, 1.807) is 0 Å². The van der Waals surface area contributed by atoms with Gasteiger partial charge in [-0.1, -0.05) is 12.1 Å². The van der Waals surface area contributed by atoms with Crippen LogP contribution in [0.15, 0.2) is 24.3 Å². The summed E-state index contributed by atoms with van der Waals surface area (Å²) in [7, 11) is 0. The second-order valence-corrected chi connectivity index (χ2v) is 6.80. The summed E-state index contributed by atoms with van der Waals surface area (Å²) in [5.41, 5.74) is -4.75. The summed E-state index contributed by atoms with van der Waals surface area (Å²) < 4.78 is 87.7. The van der Waals surface area contributed by atoms with Crippen LogP contribution in [0.2, 0.25) is 0 Å². The van der Waals surface area contributed by atoms with Gasteiger partial charge in [0.15, 0.2) is 0 Å². The molecule has 0 spiro atoms. The van der Waals surface area contributed by atoms with Gasteiger partial charge in [0.25, 0.3) is 0 Å². The summed E-state index contributed by atoms with van der Waals surface area (Å²) in [4.78, 5) is 11.5. The van der Waals surface area contributed by atoms with Gasteiger partial charge in [-0.05, 0) is 31.9 Å². The van der Waals surface area contributed by atoms with E-state index in [0.717, 1.165) is 24.6 Å². The molecule has 1 fully saturated rings. The van der Waals surface area contributed by atoms with Crippen molar-refractivity contribution in [1.29, 1.82) is 0 Å². The lowest BCUT2D eigenvalue weighted by Crippen LogP contribution is -2.20.